The summed E-state index contributed by atoms with van der Waals surface area (Å²) < 4.78 is 40.0. The molecule has 0 radical (unpaired) electrons. The van der Waals surface area contributed by atoms with Crippen molar-refractivity contribution in [3.63, 3.8) is 0 Å². The summed E-state index contributed by atoms with van der Waals surface area (Å²) >= 11 is 0. The molecule has 1 fully saturated rings. The van der Waals surface area contributed by atoms with E-state index >= 15 is 0 Å². The van der Waals surface area contributed by atoms with E-state index in [1.165, 1.54) is 0 Å². The first-order valence-electron chi connectivity index (χ1n) is 10.6. The number of rotatable bonds is 6. The van der Waals surface area contributed by atoms with Crippen molar-refractivity contribution in [2.75, 3.05) is 5.73 Å². The molecule has 3 unspecified atom stereocenters. The van der Waals surface area contributed by atoms with Crippen LogP contribution in [0.4, 0.5) is 18.9 Å². The normalized spacial score (nSPS) is 20.6. The molecule has 31 heavy (non-hydrogen) atoms. The molecule has 0 bridgehead atoms. The first kappa shape index (κ1) is 23.1. The molecule has 3 rings (SSSR count). The third-order valence-corrected chi connectivity index (χ3v) is 5.81. The number of nitrogen functional groups attached to an aromatic ring is 1. The molecule has 168 valence electrons. The molecule has 1 heterocycles. The van der Waals surface area contributed by atoms with E-state index in [-0.39, 0.29) is 12.3 Å². The van der Waals surface area contributed by atoms with Crippen LogP contribution in [0.2, 0.25) is 0 Å². The number of anilines is 1. The maximum Gasteiger partial charge on any atom is 0.403 e. The lowest BCUT2D eigenvalue weighted by atomic mass is 9.84. The van der Waals surface area contributed by atoms with Gasteiger partial charge in [-0.2, -0.15) is 13.2 Å². The molecular weight excluding hydrogens is 405 g/mol. The van der Waals surface area contributed by atoms with Crippen molar-refractivity contribution in [2.45, 2.75) is 63.7 Å². The SMILES string of the molecule is CC(C)CC(C(=O)O)c1cc(-c2ccc(N)cc2)cc(C2CCCC(C(F)(F)F)N2)c1. The van der Waals surface area contributed by atoms with Crippen molar-refractivity contribution in [1.82, 2.24) is 5.32 Å². The van der Waals surface area contributed by atoms with Crippen molar-refractivity contribution < 1.29 is 23.1 Å². The smallest absolute Gasteiger partial charge is 0.403 e. The summed E-state index contributed by atoms with van der Waals surface area (Å²) in [5.74, 6) is -1.50. The van der Waals surface area contributed by atoms with Crippen LogP contribution in [0.15, 0.2) is 42.5 Å². The van der Waals surface area contributed by atoms with Crippen LogP contribution < -0.4 is 11.1 Å². The number of nitrogens with two attached hydrogens (primary N) is 1. The van der Waals surface area contributed by atoms with Crippen molar-refractivity contribution >= 4 is 11.7 Å². The van der Waals surface area contributed by atoms with E-state index in [9.17, 15) is 23.1 Å². The fourth-order valence-electron chi connectivity index (χ4n) is 4.23. The van der Waals surface area contributed by atoms with Gasteiger partial charge in [-0.25, -0.2) is 0 Å². The standard InChI is InChI=1S/C24H29F3N2O2/c1-14(2)10-20(23(30)31)17-11-16(15-6-8-19(28)9-7-15)12-18(13-17)21-4-3-5-22(29-21)24(25,26)27/h6-9,11-14,20-22,29H,3-5,10,28H2,1-2H3,(H,30,31). The second kappa shape index (κ2) is 9.30. The van der Waals surface area contributed by atoms with Crippen molar-refractivity contribution in [1.29, 1.82) is 0 Å². The molecule has 4 N–H and O–H groups in total. The maximum atomic E-state index is 13.3. The van der Waals surface area contributed by atoms with Crippen molar-refractivity contribution in [3.05, 3.63) is 53.6 Å². The molecule has 0 aromatic heterocycles. The maximum absolute atomic E-state index is 13.3. The number of carboxylic acid groups (broad SMARTS) is 1. The zero-order chi connectivity index (χ0) is 22.8. The van der Waals surface area contributed by atoms with E-state index in [1.54, 1.807) is 18.2 Å². The van der Waals surface area contributed by atoms with Crippen LogP contribution in [0.1, 0.15) is 62.6 Å². The van der Waals surface area contributed by atoms with Crippen LogP contribution in [-0.2, 0) is 4.79 Å². The first-order valence-corrected chi connectivity index (χ1v) is 10.6. The summed E-state index contributed by atoms with van der Waals surface area (Å²) in [5, 5.41) is 12.6. The van der Waals surface area contributed by atoms with E-state index in [1.807, 2.05) is 38.1 Å². The zero-order valence-corrected chi connectivity index (χ0v) is 17.7. The van der Waals surface area contributed by atoms with Gasteiger partial charge in [-0.1, -0.05) is 38.1 Å². The molecule has 2 aromatic carbocycles. The Morgan fingerprint density at radius 2 is 1.81 bits per heavy atom. The van der Waals surface area contributed by atoms with E-state index in [0.29, 0.717) is 36.1 Å². The highest BCUT2D eigenvalue weighted by Crippen LogP contribution is 2.37. The van der Waals surface area contributed by atoms with Crippen molar-refractivity contribution in [3.8, 4) is 11.1 Å². The number of piperidine rings is 1. The average molecular weight is 435 g/mol. The summed E-state index contributed by atoms with van der Waals surface area (Å²) in [6.07, 6.45) is -2.78. The van der Waals surface area contributed by atoms with Crippen LogP contribution in [-0.4, -0.2) is 23.3 Å². The average Bonchev–Trinajstić information content (AvgIpc) is 2.71. The topological polar surface area (TPSA) is 75.3 Å². The lowest BCUT2D eigenvalue weighted by molar-refractivity contribution is -0.163. The van der Waals surface area contributed by atoms with E-state index in [2.05, 4.69) is 5.32 Å². The van der Waals surface area contributed by atoms with Crippen LogP contribution >= 0.6 is 0 Å². The van der Waals surface area contributed by atoms with Gasteiger partial charge < -0.3 is 10.8 Å². The molecule has 1 aliphatic rings. The van der Waals surface area contributed by atoms with Gasteiger partial charge in [-0.3, -0.25) is 10.1 Å². The van der Waals surface area contributed by atoms with Gasteiger partial charge in [0.25, 0.3) is 0 Å². The fraction of sp³-hybridized carbons (Fsp3) is 0.458. The highest BCUT2D eigenvalue weighted by atomic mass is 19.4. The van der Waals surface area contributed by atoms with Crippen molar-refractivity contribution in [2.24, 2.45) is 5.92 Å². The second-order valence-corrected chi connectivity index (χ2v) is 8.78. The summed E-state index contributed by atoms with van der Waals surface area (Å²) in [7, 11) is 0. The lowest BCUT2D eigenvalue weighted by Crippen LogP contribution is -2.46. The van der Waals surface area contributed by atoms with E-state index in [4.69, 9.17) is 5.73 Å². The fourth-order valence-corrected chi connectivity index (χ4v) is 4.23. The van der Waals surface area contributed by atoms with Gasteiger partial charge >= 0.3 is 12.1 Å². The van der Waals surface area contributed by atoms with Crippen LogP contribution in [0.3, 0.4) is 0 Å². The van der Waals surface area contributed by atoms with E-state index < -0.39 is 30.1 Å². The van der Waals surface area contributed by atoms with Crippen LogP contribution in [0.5, 0.6) is 0 Å². The van der Waals surface area contributed by atoms with Gasteiger partial charge in [0.2, 0.25) is 0 Å². The molecule has 2 aromatic rings. The minimum absolute atomic E-state index is 0.0512. The molecular formula is C24H29F3N2O2. The first-order chi connectivity index (χ1) is 14.5. The number of benzene rings is 2. The van der Waals surface area contributed by atoms with E-state index in [0.717, 1.165) is 11.1 Å². The molecule has 7 heteroatoms. The number of hydrogen-bond donors (Lipinski definition) is 3. The molecule has 0 amide bonds. The summed E-state index contributed by atoms with van der Waals surface area (Å²) in [5.41, 5.74) is 9.31. The van der Waals surface area contributed by atoms with Crippen LogP contribution in [0.25, 0.3) is 11.1 Å². The van der Waals surface area contributed by atoms with Crippen LogP contribution in [0, 0.1) is 5.92 Å². The molecule has 3 atom stereocenters. The Kier molecular flexibility index (Phi) is 6.94. The third kappa shape index (κ3) is 5.79. The number of alkyl halides is 3. The molecule has 0 aliphatic carbocycles. The Bertz CT molecular complexity index is 910. The number of hydrogen-bond acceptors (Lipinski definition) is 3. The molecule has 0 spiro atoms. The number of carboxylic acids is 1. The number of halogens is 3. The summed E-state index contributed by atoms with van der Waals surface area (Å²) in [6, 6.07) is 10.6. The van der Waals surface area contributed by atoms with Gasteiger partial charge in [-0.05, 0) is 72.1 Å². The second-order valence-electron chi connectivity index (χ2n) is 8.78. The molecule has 1 saturated heterocycles. The Labute approximate surface area is 180 Å². The monoisotopic (exact) mass is 434 g/mol. The highest BCUT2D eigenvalue weighted by molar-refractivity contribution is 5.78. The Morgan fingerprint density at radius 3 is 2.39 bits per heavy atom. The van der Waals surface area contributed by atoms with Gasteiger partial charge in [0.1, 0.15) is 6.04 Å². The quantitative estimate of drug-likeness (QED) is 0.495. The minimum Gasteiger partial charge on any atom is -0.481 e. The Balaban J connectivity index is 2.06. The van der Waals surface area contributed by atoms with Gasteiger partial charge in [0.05, 0.1) is 5.92 Å². The van der Waals surface area contributed by atoms with Gasteiger partial charge in [0, 0.05) is 11.7 Å². The zero-order valence-electron chi connectivity index (χ0n) is 17.7. The predicted molar refractivity (Wildman–Crippen MR) is 116 cm³/mol. The summed E-state index contributed by atoms with van der Waals surface area (Å²) in [6.45, 7) is 3.91. The lowest BCUT2D eigenvalue weighted by Gasteiger charge is -2.33. The third-order valence-electron chi connectivity index (χ3n) is 5.81. The highest BCUT2D eigenvalue weighted by Gasteiger charge is 2.42. The Hall–Kier alpha value is -2.54. The number of nitrogens with one attached hydrogen (secondary N) is 1. The molecule has 1 aliphatic heterocycles. The Morgan fingerprint density at radius 1 is 1.13 bits per heavy atom. The summed E-state index contributed by atoms with van der Waals surface area (Å²) in [4.78, 5) is 12.0. The van der Waals surface area contributed by atoms with Gasteiger partial charge in [0.15, 0.2) is 0 Å². The molecule has 4 nitrogen and oxygen atoms in total. The minimum atomic E-state index is -4.31. The predicted octanol–water partition coefficient (Wildman–Crippen LogP) is 5.90. The van der Waals surface area contributed by atoms with Gasteiger partial charge in [-0.15, -0.1) is 0 Å². The largest absolute Gasteiger partial charge is 0.481 e. The molecule has 0 saturated carbocycles. The number of aliphatic carboxylic acids is 1. The number of carbonyl (C=O) groups is 1.